The van der Waals surface area contributed by atoms with Gasteiger partial charge < -0.3 is 9.84 Å². The Kier molecular flexibility index (Phi) is 3.33. The SMILES string of the molecule is CCc1noc(CN2CCN[C@@H](C)C2)n1. The largest absolute Gasteiger partial charge is 0.338 e. The van der Waals surface area contributed by atoms with Crippen molar-refractivity contribution < 1.29 is 4.52 Å². The number of aromatic nitrogens is 2. The van der Waals surface area contributed by atoms with Gasteiger partial charge in [-0.05, 0) is 6.92 Å². The van der Waals surface area contributed by atoms with E-state index in [1.807, 2.05) is 6.92 Å². The lowest BCUT2D eigenvalue weighted by atomic mass is 10.2. The van der Waals surface area contributed by atoms with Crippen LogP contribution in [0.15, 0.2) is 4.52 Å². The van der Waals surface area contributed by atoms with Gasteiger partial charge in [0.1, 0.15) is 0 Å². The van der Waals surface area contributed by atoms with Gasteiger partial charge in [0.15, 0.2) is 5.82 Å². The van der Waals surface area contributed by atoms with Gasteiger partial charge in [0, 0.05) is 32.1 Å². The lowest BCUT2D eigenvalue weighted by Gasteiger charge is -2.30. The van der Waals surface area contributed by atoms with Crippen LogP contribution in [0.3, 0.4) is 0 Å². The molecular formula is C10H18N4O. The molecule has 1 aromatic rings. The van der Waals surface area contributed by atoms with Crippen molar-refractivity contribution in [2.24, 2.45) is 0 Å². The molecule has 1 fully saturated rings. The molecule has 15 heavy (non-hydrogen) atoms. The number of piperazine rings is 1. The van der Waals surface area contributed by atoms with Crippen LogP contribution >= 0.6 is 0 Å². The van der Waals surface area contributed by atoms with Crippen molar-refractivity contribution in [2.75, 3.05) is 19.6 Å². The number of rotatable bonds is 3. The standard InChI is InChI=1S/C10H18N4O/c1-3-9-12-10(15-13-9)7-14-5-4-11-8(2)6-14/h8,11H,3-7H2,1-2H3/t8-/m0/s1. The highest BCUT2D eigenvalue weighted by Crippen LogP contribution is 2.06. The molecule has 0 amide bonds. The molecule has 2 heterocycles. The summed E-state index contributed by atoms with van der Waals surface area (Å²) >= 11 is 0. The molecule has 1 aliphatic rings. The van der Waals surface area contributed by atoms with E-state index < -0.39 is 0 Å². The third-order valence-corrected chi connectivity index (χ3v) is 2.64. The zero-order valence-electron chi connectivity index (χ0n) is 9.36. The summed E-state index contributed by atoms with van der Waals surface area (Å²) in [5, 5.41) is 7.30. The maximum Gasteiger partial charge on any atom is 0.240 e. The van der Waals surface area contributed by atoms with Crippen LogP contribution in [0, 0.1) is 0 Å². The van der Waals surface area contributed by atoms with Crippen LogP contribution in [0.1, 0.15) is 25.6 Å². The van der Waals surface area contributed by atoms with Crippen molar-refractivity contribution >= 4 is 0 Å². The Balaban J connectivity index is 1.90. The van der Waals surface area contributed by atoms with E-state index in [2.05, 4.69) is 27.3 Å². The third-order valence-electron chi connectivity index (χ3n) is 2.64. The summed E-state index contributed by atoms with van der Waals surface area (Å²) in [5.74, 6) is 1.54. The zero-order valence-corrected chi connectivity index (χ0v) is 9.36. The van der Waals surface area contributed by atoms with Gasteiger partial charge in [0.2, 0.25) is 5.89 Å². The Morgan fingerprint density at radius 2 is 2.47 bits per heavy atom. The van der Waals surface area contributed by atoms with Gasteiger partial charge in [-0.25, -0.2) is 0 Å². The summed E-state index contributed by atoms with van der Waals surface area (Å²) in [6, 6.07) is 0.548. The Morgan fingerprint density at radius 3 is 3.13 bits per heavy atom. The topological polar surface area (TPSA) is 54.2 Å². The minimum absolute atomic E-state index is 0.548. The summed E-state index contributed by atoms with van der Waals surface area (Å²) in [5.41, 5.74) is 0. The van der Waals surface area contributed by atoms with E-state index in [-0.39, 0.29) is 0 Å². The quantitative estimate of drug-likeness (QED) is 0.784. The predicted octanol–water partition coefficient (Wildman–Crippen LogP) is 0.426. The number of hydrogen-bond donors (Lipinski definition) is 1. The molecule has 1 aliphatic heterocycles. The number of hydrogen-bond acceptors (Lipinski definition) is 5. The van der Waals surface area contributed by atoms with E-state index >= 15 is 0 Å². The Bertz CT molecular complexity index is 312. The van der Waals surface area contributed by atoms with E-state index in [0.29, 0.717) is 6.04 Å². The lowest BCUT2D eigenvalue weighted by molar-refractivity contribution is 0.177. The van der Waals surface area contributed by atoms with E-state index in [4.69, 9.17) is 4.52 Å². The fraction of sp³-hybridized carbons (Fsp3) is 0.800. The molecule has 0 spiro atoms. The molecule has 5 nitrogen and oxygen atoms in total. The van der Waals surface area contributed by atoms with Crippen molar-refractivity contribution in [3.05, 3.63) is 11.7 Å². The smallest absolute Gasteiger partial charge is 0.240 e. The molecule has 2 rings (SSSR count). The fourth-order valence-electron chi connectivity index (χ4n) is 1.85. The minimum atomic E-state index is 0.548. The van der Waals surface area contributed by atoms with Crippen LogP contribution in [-0.4, -0.2) is 40.7 Å². The first-order valence-corrected chi connectivity index (χ1v) is 5.55. The van der Waals surface area contributed by atoms with Crippen molar-refractivity contribution in [1.82, 2.24) is 20.4 Å². The van der Waals surface area contributed by atoms with Gasteiger partial charge >= 0.3 is 0 Å². The minimum Gasteiger partial charge on any atom is -0.338 e. The van der Waals surface area contributed by atoms with E-state index in [1.54, 1.807) is 0 Å². The molecule has 5 heteroatoms. The normalized spacial score (nSPS) is 23.2. The highest BCUT2D eigenvalue weighted by molar-refractivity contribution is 4.87. The van der Waals surface area contributed by atoms with Gasteiger partial charge in [0.05, 0.1) is 6.54 Å². The van der Waals surface area contributed by atoms with Crippen LogP contribution in [0.2, 0.25) is 0 Å². The molecule has 0 saturated carbocycles. The van der Waals surface area contributed by atoms with Crippen LogP contribution in [0.5, 0.6) is 0 Å². The summed E-state index contributed by atoms with van der Waals surface area (Å²) in [6.45, 7) is 8.13. The van der Waals surface area contributed by atoms with Gasteiger partial charge in [-0.15, -0.1) is 0 Å². The summed E-state index contributed by atoms with van der Waals surface area (Å²) in [4.78, 5) is 6.65. The van der Waals surface area contributed by atoms with Crippen LogP contribution < -0.4 is 5.32 Å². The van der Waals surface area contributed by atoms with Gasteiger partial charge in [-0.2, -0.15) is 4.98 Å². The monoisotopic (exact) mass is 210 g/mol. The van der Waals surface area contributed by atoms with E-state index in [1.165, 1.54) is 0 Å². The van der Waals surface area contributed by atoms with Crippen molar-refractivity contribution in [3.63, 3.8) is 0 Å². The highest BCUT2D eigenvalue weighted by atomic mass is 16.5. The molecule has 1 saturated heterocycles. The molecule has 1 atom stereocenters. The number of aryl methyl sites for hydroxylation is 1. The summed E-state index contributed by atoms with van der Waals surface area (Å²) in [6.07, 6.45) is 0.835. The van der Waals surface area contributed by atoms with Crippen molar-refractivity contribution in [1.29, 1.82) is 0 Å². The Morgan fingerprint density at radius 1 is 1.60 bits per heavy atom. The van der Waals surface area contributed by atoms with Gasteiger partial charge in [-0.1, -0.05) is 12.1 Å². The fourth-order valence-corrected chi connectivity index (χ4v) is 1.85. The van der Waals surface area contributed by atoms with Crippen molar-refractivity contribution in [2.45, 2.75) is 32.9 Å². The summed E-state index contributed by atoms with van der Waals surface area (Å²) in [7, 11) is 0. The predicted molar refractivity (Wildman–Crippen MR) is 56.4 cm³/mol. The molecule has 84 valence electrons. The van der Waals surface area contributed by atoms with Crippen molar-refractivity contribution in [3.8, 4) is 0 Å². The maximum absolute atomic E-state index is 5.17. The maximum atomic E-state index is 5.17. The first kappa shape index (κ1) is 10.6. The molecule has 1 aromatic heterocycles. The number of nitrogens with zero attached hydrogens (tertiary/aromatic N) is 3. The molecule has 0 unspecified atom stereocenters. The van der Waals surface area contributed by atoms with Crippen LogP contribution in [0.25, 0.3) is 0 Å². The number of nitrogens with one attached hydrogen (secondary N) is 1. The third kappa shape index (κ3) is 2.76. The molecule has 0 bridgehead atoms. The van der Waals surface area contributed by atoms with Crippen LogP contribution in [0.4, 0.5) is 0 Å². The van der Waals surface area contributed by atoms with Crippen LogP contribution in [-0.2, 0) is 13.0 Å². The molecule has 0 aliphatic carbocycles. The Hall–Kier alpha value is -0.940. The van der Waals surface area contributed by atoms with E-state index in [9.17, 15) is 0 Å². The lowest BCUT2D eigenvalue weighted by Crippen LogP contribution is -2.48. The van der Waals surface area contributed by atoms with Gasteiger partial charge in [-0.3, -0.25) is 4.90 Å². The molecule has 0 radical (unpaired) electrons. The second-order valence-corrected chi connectivity index (χ2v) is 4.05. The average Bonchev–Trinajstić information content (AvgIpc) is 2.65. The Labute approximate surface area is 89.8 Å². The summed E-state index contributed by atoms with van der Waals surface area (Å²) < 4.78 is 5.17. The molecule has 0 aromatic carbocycles. The second-order valence-electron chi connectivity index (χ2n) is 4.05. The van der Waals surface area contributed by atoms with Gasteiger partial charge in [0.25, 0.3) is 0 Å². The molecule has 1 N–H and O–H groups in total. The second kappa shape index (κ2) is 4.72. The molecular weight excluding hydrogens is 192 g/mol. The average molecular weight is 210 g/mol. The zero-order chi connectivity index (χ0) is 10.7. The first-order chi connectivity index (χ1) is 7.28. The highest BCUT2D eigenvalue weighted by Gasteiger charge is 2.17. The first-order valence-electron chi connectivity index (χ1n) is 5.55. The van der Waals surface area contributed by atoms with E-state index in [0.717, 1.165) is 44.3 Å².